The van der Waals surface area contributed by atoms with Crippen molar-refractivity contribution in [2.45, 2.75) is 56.1 Å². The number of carbonyl (C=O) groups excluding carboxylic acids is 1. The smallest absolute Gasteiger partial charge is 0.264 e. The lowest BCUT2D eigenvalue weighted by molar-refractivity contribution is -0.145. The number of para-hydroxylation sites is 1. The Labute approximate surface area is 224 Å². The third-order valence-corrected chi connectivity index (χ3v) is 10.6. The Morgan fingerprint density at radius 1 is 1.18 bits per heavy atom. The molecule has 1 saturated heterocycles. The standard InChI is InChI=1S/C29H36N4O4Si/c1-5-16-33-25-14-10-9-13-23(25)29(28(33)35)20(2)27(38(3,4)36)26(37-29)15-17-32-18-24(30-31-32)22(19-34)21-11-7-6-8-12-21/h5-14,18,20,22,26-27,34,36H,1,15-17,19H2,2-4H3/t20-,22?,26+,27-,29+/m1/s1. The number of aryl methyl sites for hydroxylation is 1. The van der Waals surface area contributed by atoms with Gasteiger partial charge in [0.05, 0.1) is 30.0 Å². The predicted octanol–water partition coefficient (Wildman–Crippen LogP) is 3.82. The van der Waals surface area contributed by atoms with Crippen molar-refractivity contribution in [3.63, 3.8) is 0 Å². The SMILES string of the molecule is C=CCN1C(=O)[C@@]2(O[C@@H](CCn3cc(C(CO)c4ccccc4)nn3)[C@H]([Si](C)(C)O)[C@H]2C)c2ccccc21. The van der Waals surface area contributed by atoms with Gasteiger partial charge in [-0.25, -0.2) is 0 Å². The predicted molar refractivity (Wildman–Crippen MR) is 148 cm³/mol. The minimum Gasteiger partial charge on any atom is -0.432 e. The van der Waals surface area contributed by atoms with Gasteiger partial charge in [-0.2, -0.15) is 0 Å². The van der Waals surface area contributed by atoms with E-state index in [1.54, 1.807) is 15.7 Å². The number of ether oxygens (including phenoxy) is 1. The van der Waals surface area contributed by atoms with Crippen molar-refractivity contribution in [1.82, 2.24) is 15.0 Å². The molecule has 9 heteroatoms. The number of carbonyl (C=O) groups is 1. The third kappa shape index (κ3) is 4.33. The molecule has 0 aliphatic carbocycles. The number of aliphatic hydroxyl groups excluding tert-OH is 1. The molecule has 0 radical (unpaired) electrons. The van der Waals surface area contributed by atoms with Gasteiger partial charge in [0.2, 0.25) is 0 Å². The van der Waals surface area contributed by atoms with Crippen molar-refractivity contribution in [3.8, 4) is 0 Å². The Hall–Kier alpha value is -3.11. The summed E-state index contributed by atoms with van der Waals surface area (Å²) >= 11 is 0. The second kappa shape index (κ2) is 10.2. The van der Waals surface area contributed by atoms with Gasteiger partial charge in [0.1, 0.15) is 0 Å². The lowest BCUT2D eigenvalue weighted by Gasteiger charge is -2.32. The van der Waals surface area contributed by atoms with Crippen molar-refractivity contribution in [3.05, 3.63) is 90.3 Å². The van der Waals surface area contributed by atoms with E-state index in [-0.39, 0.29) is 36.0 Å². The van der Waals surface area contributed by atoms with E-state index in [0.717, 1.165) is 16.8 Å². The fraction of sp³-hybridized carbons (Fsp3) is 0.414. The molecule has 38 heavy (non-hydrogen) atoms. The number of aromatic nitrogens is 3. The minimum absolute atomic E-state index is 0.0659. The van der Waals surface area contributed by atoms with Gasteiger partial charge in [-0.15, -0.1) is 11.7 Å². The van der Waals surface area contributed by atoms with Crippen LogP contribution in [0.2, 0.25) is 18.6 Å². The second-order valence-electron chi connectivity index (χ2n) is 10.9. The number of benzene rings is 2. The Morgan fingerprint density at radius 2 is 1.89 bits per heavy atom. The summed E-state index contributed by atoms with van der Waals surface area (Å²) in [7, 11) is -2.73. The van der Waals surface area contributed by atoms with Crippen LogP contribution in [-0.2, 0) is 21.7 Å². The summed E-state index contributed by atoms with van der Waals surface area (Å²) in [6.07, 6.45) is 3.83. The molecule has 1 amide bonds. The number of hydrogen-bond acceptors (Lipinski definition) is 6. The quantitative estimate of drug-likeness (QED) is 0.321. The van der Waals surface area contributed by atoms with Crippen LogP contribution in [0.25, 0.3) is 0 Å². The number of anilines is 1. The molecule has 0 saturated carbocycles. The van der Waals surface area contributed by atoms with Crippen LogP contribution in [0.1, 0.15) is 36.1 Å². The zero-order chi connectivity index (χ0) is 27.1. The van der Waals surface area contributed by atoms with Crippen LogP contribution in [0.5, 0.6) is 0 Å². The highest BCUT2D eigenvalue weighted by atomic mass is 28.4. The third-order valence-electron chi connectivity index (χ3n) is 8.14. The molecule has 5 atom stereocenters. The number of amides is 1. The molecule has 3 aromatic rings. The van der Waals surface area contributed by atoms with E-state index in [4.69, 9.17) is 4.74 Å². The second-order valence-corrected chi connectivity index (χ2v) is 14.9. The highest BCUT2D eigenvalue weighted by Crippen LogP contribution is 2.59. The summed E-state index contributed by atoms with van der Waals surface area (Å²) in [5, 5.41) is 18.7. The van der Waals surface area contributed by atoms with Crippen molar-refractivity contribution in [2.75, 3.05) is 18.1 Å². The van der Waals surface area contributed by atoms with Crippen molar-refractivity contribution in [2.24, 2.45) is 5.92 Å². The first kappa shape index (κ1) is 26.5. The lowest BCUT2D eigenvalue weighted by atomic mass is 9.82. The van der Waals surface area contributed by atoms with Crippen LogP contribution in [0.4, 0.5) is 5.69 Å². The van der Waals surface area contributed by atoms with Crippen LogP contribution >= 0.6 is 0 Å². The maximum atomic E-state index is 14.0. The van der Waals surface area contributed by atoms with Gasteiger partial charge in [-0.3, -0.25) is 9.48 Å². The fourth-order valence-electron chi connectivity index (χ4n) is 6.51. The topological polar surface area (TPSA) is 101 Å². The molecule has 3 heterocycles. The number of aliphatic hydroxyl groups is 1. The van der Waals surface area contributed by atoms with E-state index in [2.05, 4.69) is 16.9 Å². The molecule has 1 fully saturated rings. The average Bonchev–Trinajstić information content (AvgIpc) is 3.55. The Kier molecular flexibility index (Phi) is 7.12. The fourth-order valence-corrected chi connectivity index (χ4v) is 9.11. The Balaban J connectivity index is 1.42. The van der Waals surface area contributed by atoms with Gasteiger partial charge < -0.3 is 19.5 Å². The molecule has 1 spiro atoms. The van der Waals surface area contributed by atoms with Crippen LogP contribution < -0.4 is 4.90 Å². The first-order valence-electron chi connectivity index (χ1n) is 13.2. The minimum atomic E-state index is -2.73. The molecule has 200 valence electrons. The molecule has 5 rings (SSSR count). The van der Waals surface area contributed by atoms with Crippen molar-refractivity contribution in [1.29, 1.82) is 0 Å². The maximum Gasteiger partial charge on any atom is 0.264 e. The summed E-state index contributed by atoms with van der Waals surface area (Å²) in [6, 6.07) is 17.6. The highest BCUT2D eigenvalue weighted by molar-refractivity contribution is 6.71. The summed E-state index contributed by atoms with van der Waals surface area (Å²) < 4.78 is 8.55. The van der Waals surface area contributed by atoms with E-state index in [9.17, 15) is 14.7 Å². The monoisotopic (exact) mass is 532 g/mol. The first-order valence-corrected chi connectivity index (χ1v) is 16.2. The van der Waals surface area contributed by atoms with E-state index in [1.807, 2.05) is 80.8 Å². The Bertz CT molecular complexity index is 1310. The van der Waals surface area contributed by atoms with E-state index < -0.39 is 13.9 Å². The van der Waals surface area contributed by atoms with Gasteiger partial charge >= 0.3 is 0 Å². The molecule has 2 aliphatic rings. The molecule has 8 nitrogen and oxygen atoms in total. The van der Waals surface area contributed by atoms with Gasteiger partial charge in [-0.1, -0.05) is 66.7 Å². The molecule has 2 N–H and O–H groups in total. The van der Waals surface area contributed by atoms with Gasteiger partial charge in [0.25, 0.3) is 5.91 Å². The van der Waals surface area contributed by atoms with E-state index in [1.165, 1.54) is 0 Å². The largest absolute Gasteiger partial charge is 0.432 e. The number of nitrogens with zero attached hydrogens (tertiary/aromatic N) is 4. The summed E-state index contributed by atoms with van der Waals surface area (Å²) in [5.41, 5.74) is 2.10. The van der Waals surface area contributed by atoms with Gasteiger partial charge in [-0.05, 0) is 31.1 Å². The van der Waals surface area contributed by atoms with Crippen LogP contribution in [-0.4, -0.2) is 58.4 Å². The summed E-state index contributed by atoms with van der Waals surface area (Å²) in [5.74, 6) is -0.546. The van der Waals surface area contributed by atoms with Crippen molar-refractivity contribution < 1.29 is 19.4 Å². The highest BCUT2D eigenvalue weighted by Gasteiger charge is 2.65. The van der Waals surface area contributed by atoms with Crippen molar-refractivity contribution >= 4 is 19.9 Å². The summed E-state index contributed by atoms with van der Waals surface area (Å²) in [4.78, 5) is 27.1. The normalized spacial score (nSPS) is 25.7. The maximum absolute atomic E-state index is 14.0. The zero-order valence-electron chi connectivity index (χ0n) is 22.2. The van der Waals surface area contributed by atoms with Crippen LogP contribution in [0, 0.1) is 5.92 Å². The number of rotatable bonds is 9. The molecular formula is C29H36N4O4Si. The number of hydrogen-bond donors (Lipinski definition) is 2. The van der Waals surface area contributed by atoms with Gasteiger partial charge in [0.15, 0.2) is 13.9 Å². The zero-order valence-corrected chi connectivity index (χ0v) is 23.2. The molecule has 2 aromatic carbocycles. The Morgan fingerprint density at radius 3 is 2.58 bits per heavy atom. The van der Waals surface area contributed by atoms with Crippen LogP contribution in [0.15, 0.2) is 73.4 Å². The molecule has 0 bridgehead atoms. The molecule has 2 aliphatic heterocycles. The summed E-state index contributed by atoms with van der Waals surface area (Å²) in [6.45, 7) is 10.6. The first-order chi connectivity index (χ1) is 18.2. The number of fused-ring (bicyclic) bond motifs is 2. The average molecular weight is 533 g/mol. The molecule has 1 aromatic heterocycles. The van der Waals surface area contributed by atoms with Crippen LogP contribution in [0.3, 0.4) is 0 Å². The molecular weight excluding hydrogens is 496 g/mol. The van der Waals surface area contributed by atoms with E-state index >= 15 is 0 Å². The van der Waals surface area contributed by atoms with E-state index in [0.29, 0.717) is 25.2 Å². The van der Waals surface area contributed by atoms with Gasteiger partial charge in [0, 0.05) is 36.3 Å². The lowest BCUT2D eigenvalue weighted by Crippen LogP contribution is -2.46. The molecule has 1 unspecified atom stereocenters.